The van der Waals surface area contributed by atoms with E-state index in [1.807, 2.05) is 0 Å². The number of hydrogen-bond acceptors (Lipinski definition) is 3. The van der Waals surface area contributed by atoms with Crippen LogP contribution in [0.5, 0.6) is 0 Å². The third-order valence-electron chi connectivity index (χ3n) is 3.56. The fourth-order valence-corrected chi connectivity index (χ4v) is 2.75. The predicted octanol–water partition coefficient (Wildman–Crippen LogP) is 4.33. The summed E-state index contributed by atoms with van der Waals surface area (Å²) in [6.07, 6.45) is 3.10. The van der Waals surface area contributed by atoms with Crippen LogP contribution in [-0.2, 0) is 0 Å². The van der Waals surface area contributed by atoms with Gasteiger partial charge in [-0.25, -0.2) is 0 Å². The summed E-state index contributed by atoms with van der Waals surface area (Å²) in [7, 11) is 0. The van der Waals surface area contributed by atoms with Crippen LogP contribution in [0.15, 0.2) is 58.5 Å². The average Bonchev–Trinajstić information content (AvgIpc) is 2.98. The standard InChI is InChI=1S/C17H18N2S/c1-13-3-5-14(6-4-13)17-11-12-19(18-17)15-7-9-16(20-2)10-8-15/h3-10H,11-12H2,1-2H3. The average molecular weight is 282 g/mol. The van der Waals surface area contributed by atoms with Crippen LogP contribution in [0, 0.1) is 6.92 Å². The lowest BCUT2D eigenvalue weighted by Gasteiger charge is -2.13. The summed E-state index contributed by atoms with van der Waals surface area (Å²) < 4.78 is 0. The number of nitrogens with zero attached hydrogens (tertiary/aromatic N) is 2. The topological polar surface area (TPSA) is 15.6 Å². The van der Waals surface area contributed by atoms with Crippen molar-refractivity contribution in [3.8, 4) is 0 Å². The number of rotatable bonds is 3. The first kappa shape index (κ1) is 13.3. The van der Waals surface area contributed by atoms with Gasteiger partial charge < -0.3 is 0 Å². The van der Waals surface area contributed by atoms with Gasteiger partial charge in [0, 0.05) is 17.9 Å². The van der Waals surface area contributed by atoms with E-state index in [4.69, 9.17) is 5.10 Å². The molecule has 102 valence electrons. The van der Waals surface area contributed by atoms with E-state index < -0.39 is 0 Å². The van der Waals surface area contributed by atoms with Crippen LogP contribution in [0.3, 0.4) is 0 Å². The Kier molecular flexibility index (Phi) is 3.79. The molecule has 0 amide bonds. The van der Waals surface area contributed by atoms with E-state index >= 15 is 0 Å². The first-order valence-corrected chi connectivity index (χ1v) is 8.05. The molecule has 0 unspecified atom stereocenters. The van der Waals surface area contributed by atoms with Gasteiger partial charge in [-0.3, -0.25) is 5.01 Å². The number of benzene rings is 2. The highest BCUT2D eigenvalue weighted by atomic mass is 32.2. The van der Waals surface area contributed by atoms with Crippen molar-refractivity contribution in [2.24, 2.45) is 5.10 Å². The van der Waals surface area contributed by atoms with Gasteiger partial charge in [-0.15, -0.1) is 11.8 Å². The molecule has 0 bridgehead atoms. The monoisotopic (exact) mass is 282 g/mol. The van der Waals surface area contributed by atoms with E-state index in [0.717, 1.165) is 13.0 Å². The van der Waals surface area contributed by atoms with Gasteiger partial charge in [-0.05, 0) is 43.0 Å². The lowest BCUT2D eigenvalue weighted by molar-refractivity contribution is 0.921. The van der Waals surface area contributed by atoms with Gasteiger partial charge in [0.2, 0.25) is 0 Å². The summed E-state index contributed by atoms with van der Waals surface area (Å²) in [6.45, 7) is 3.07. The fraction of sp³-hybridized carbons (Fsp3) is 0.235. The molecule has 20 heavy (non-hydrogen) atoms. The van der Waals surface area contributed by atoms with Crippen LogP contribution in [0.2, 0.25) is 0 Å². The molecule has 2 aromatic carbocycles. The molecule has 0 fully saturated rings. The van der Waals surface area contributed by atoms with Gasteiger partial charge in [0.05, 0.1) is 11.4 Å². The molecule has 0 atom stereocenters. The minimum absolute atomic E-state index is 0.960. The molecular formula is C17H18N2S. The molecule has 0 radical (unpaired) electrons. The van der Waals surface area contributed by atoms with Crippen LogP contribution in [0.25, 0.3) is 0 Å². The van der Waals surface area contributed by atoms with Crippen molar-refractivity contribution in [2.75, 3.05) is 17.8 Å². The Bertz CT molecular complexity index is 614. The number of aryl methyl sites for hydroxylation is 1. The summed E-state index contributed by atoms with van der Waals surface area (Å²) >= 11 is 1.76. The molecule has 3 heteroatoms. The van der Waals surface area contributed by atoms with Crippen molar-refractivity contribution in [3.05, 3.63) is 59.7 Å². The summed E-state index contributed by atoms with van der Waals surface area (Å²) in [6, 6.07) is 17.2. The van der Waals surface area contributed by atoms with Crippen molar-refractivity contribution in [2.45, 2.75) is 18.2 Å². The number of hydrazone groups is 1. The molecule has 2 aromatic rings. The summed E-state index contributed by atoms with van der Waals surface area (Å²) in [5.41, 5.74) is 4.87. The molecule has 0 saturated carbocycles. The molecule has 3 rings (SSSR count). The maximum atomic E-state index is 4.76. The van der Waals surface area contributed by atoms with Gasteiger partial charge in [-0.1, -0.05) is 29.8 Å². The lowest BCUT2D eigenvalue weighted by Crippen LogP contribution is -2.11. The minimum Gasteiger partial charge on any atom is -0.265 e. The number of anilines is 1. The quantitative estimate of drug-likeness (QED) is 0.779. The molecular weight excluding hydrogens is 264 g/mol. The van der Waals surface area contributed by atoms with Crippen molar-refractivity contribution in [1.29, 1.82) is 0 Å². The van der Waals surface area contributed by atoms with Crippen molar-refractivity contribution in [3.63, 3.8) is 0 Å². The predicted molar refractivity (Wildman–Crippen MR) is 87.9 cm³/mol. The maximum Gasteiger partial charge on any atom is 0.0700 e. The zero-order chi connectivity index (χ0) is 13.9. The maximum absolute atomic E-state index is 4.76. The van der Waals surface area contributed by atoms with Gasteiger partial charge in [0.1, 0.15) is 0 Å². The highest BCUT2D eigenvalue weighted by Gasteiger charge is 2.17. The van der Waals surface area contributed by atoms with E-state index in [1.165, 1.54) is 27.4 Å². The Morgan fingerprint density at radius 2 is 1.70 bits per heavy atom. The van der Waals surface area contributed by atoms with Crippen molar-refractivity contribution >= 4 is 23.2 Å². The second kappa shape index (κ2) is 5.71. The van der Waals surface area contributed by atoms with E-state index in [9.17, 15) is 0 Å². The van der Waals surface area contributed by atoms with Crippen LogP contribution in [-0.4, -0.2) is 18.5 Å². The number of thioether (sulfide) groups is 1. The molecule has 0 N–H and O–H groups in total. The largest absolute Gasteiger partial charge is 0.265 e. The second-order valence-electron chi connectivity index (χ2n) is 4.98. The minimum atomic E-state index is 0.960. The van der Waals surface area contributed by atoms with E-state index in [1.54, 1.807) is 11.8 Å². The number of hydrogen-bond donors (Lipinski definition) is 0. The molecule has 0 aliphatic carbocycles. The Morgan fingerprint density at radius 1 is 1.00 bits per heavy atom. The second-order valence-corrected chi connectivity index (χ2v) is 5.86. The first-order chi connectivity index (χ1) is 9.76. The summed E-state index contributed by atoms with van der Waals surface area (Å²) in [5.74, 6) is 0. The highest BCUT2D eigenvalue weighted by Crippen LogP contribution is 2.24. The van der Waals surface area contributed by atoms with Crippen LogP contribution in [0.1, 0.15) is 17.5 Å². The molecule has 0 spiro atoms. The molecule has 0 saturated heterocycles. The van der Waals surface area contributed by atoms with Crippen LogP contribution < -0.4 is 5.01 Å². The summed E-state index contributed by atoms with van der Waals surface area (Å²) in [4.78, 5) is 1.29. The summed E-state index contributed by atoms with van der Waals surface area (Å²) in [5, 5.41) is 6.85. The van der Waals surface area contributed by atoms with Crippen LogP contribution >= 0.6 is 11.8 Å². The normalized spacial score (nSPS) is 14.5. The zero-order valence-electron chi connectivity index (χ0n) is 11.8. The molecule has 0 aromatic heterocycles. The smallest absolute Gasteiger partial charge is 0.0700 e. The fourth-order valence-electron chi connectivity index (χ4n) is 2.35. The van der Waals surface area contributed by atoms with E-state index in [-0.39, 0.29) is 0 Å². The third kappa shape index (κ3) is 2.73. The molecule has 1 aliphatic rings. The van der Waals surface area contributed by atoms with E-state index in [2.05, 4.69) is 66.7 Å². The molecule has 2 nitrogen and oxygen atoms in total. The molecule has 1 aliphatic heterocycles. The highest BCUT2D eigenvalue weighted by molar-refractivity contribution is 7.98. The Morgan fingerprint density at radius 3 is 2.35 bits per heavy atom. The Balaban J connectivity index is 1.81. The first-order valence-electron chi connectivity index (χ1n) is 6.82. The third-order valence-corrected chi connectivity index (χ3v) is 4.30. The SMILES string of the molecule is CSc1ccc(N2CCC(c3ccc(C)cc3)=N2)cc1. The Hall–Kier alpha value is -1.74. The van der Waals surface area contributed by atoms with Gasteiger partial charge in [-0.2, -0.15) is 5.10 Å². The Labute approximate surface area is 124 Å². The molecule has 1 heterocycles. The van der Waals surface area contributed by atoms with Crippen molar-refractivity contribution in [1.82, 2.24) is 0 Å². The van der Waals surface area contributed by atoms with Crippen LogP contribution in [0.4, 0.5) is 5.69 Å². The van der Waals surface area contributed by atoms with Gasteiger partial charge in [0.15, 0.2) is 0 Å². The van der Waals surface area contributed by atoms with E-state index in [0.29, 0.717) is 0 Å². The van der Waals surface area contributed by atoms with Gasteiger partial charge >= 0.3 is 0 Å². The lowest BCUT2D eigenvalue weighted by atomic mass is 10.1. The van der Waals surface area contributed by atoms with Crippen molar-refractivity contribution < 1.29 is 0 Å². The zero-order valence-corrected chi connectivity index (χ0v) is 12.7. The van der Waals surface area contributed by atoms with Gasteiger partial charge in [0.25, 0.3) is 0 Å².